The Morgan fingerprint density at radius 2 is 1.53 bits per heavy atom. The number of hydrogen-bond acceptors (Lipinski definition) is 4. The van der Waals surface area contributed by atoms with Gasteiger partial charge >= 0.3 is 0 Å². The van der Waals surface area contributed by atoms with Crippen LogP contribution in [-0.4, -0.2) is 50.1 Å². The zero-order chi connectivity index (χ0) is 21.7. The van der Waals surface area contributed by atoms with E-state index in [1.54, 1.807) is 32.4 Å². The van der Waals surface area contributed by atoms with Gasteiger partial charge in [0.15, 0.2) is 11.5 Å². The topological polar surface area (TPSA) is 67.9 Å². The average molecular weight is 411 g/mol. The molecule has 1 N–H and O–H groups in total. The molecule has 0 bridgehead atoms. The molecule has 1 aliphatic heterocycles. The predicted molar refractivity (Wildman–Crippen MR) is 116 cm³/mol. The summed E-state index contributed by atoms with van der Waals surface area (Å²) in [5, 5.41) is 3.10. The highest BCUT2D eigenvalue weighted by molar-refractivity contribution is 5.95. The number of carbonyl (C=O) groups is 2. The fourth-order valence-corrected chi connectivity index (χ4v) is 3.67. The smallest absolute Gasteiger partial charge is 0.253 e. The Balaban J connectivity index is 1.55. The van der Waals surface area contributed by atoms with Crippen molar-refractivity contribution in [1.29, 1.82) is 0 Å². The minimum Gasteiger partial charge on any atom is -0.493 e. The minimum atomic E-state index is -0.0602. The number of benzene rings is 2. The Hall–Kier alpha value is -3.02. The van der Waals surface area contributed by atoms with Gasteiger partial charge in [-0.15, -0.1) is 0 Å². The summed E-state index contributed by atoms with van der Waals surface area (Å²) in [6.07, 6.45) is 1.46. The van der Waals surface area contributed by atoms with Gasteiger partial charge in [0.05, 0.1) is 14.2 Å². The predicted octanol–water partition coefficient (Wildman–Crippen LogP) is 3.86. The molecule has 0 unspecified atom stereocenters. The summed E-state index contributed by atoms with van der Waals surface area (Å²) >= 11 is 0. The Kier molecular flexibility index (Phi) is 6.98. The van der Waals surface area contributed by atoms with E-state index in [-0.39, 0.29) is 17.9 Å². The van der Waals surface area contributed by atoms with Gasteiger partial charge < -0.3 is 19.7 Å². The largest absolute Gasteiger partial charge is 0.493 e. The fraction of sp³-hybridized carbons (Fsp3) is 0.417. The highest BCUT2D eigenvalue weighted by Crippen LogP contribution is 2.28. The van der Waals surface area contributed by atoms with Crippen LogP contribution in [0, 0.1) is 0 Å². The Bertz CT molecular complexity index is 885. The third-order valence-electron chi connectivity index (χ3n) is 5.59. The van der Waals surface area contributed by atoms with Crippen LogP contribution >= 0.6 is 0 Å². The Morgan fingerprint density at radius 1 is 0.933 bits per heavy atom. The maximum atomic E-state index is 12.8. The van der Waals surface area contributed by atoms with Gasteiger partial charge in [0, 0.05) is 30.3 Å². The Labute approximate surface area is 178 Å². The van der Waals surface area contributed by atoms with Crippen molar-refractivity contribution in [3.05, 3.63) is 59.2 Å². The molecular weight excluding hydrogens is 380 g/mol. The van der Waals surface area contributed by atoms with Gasteiger partial charge in [-0.1, -0.05) is 26.0 Å². The van der Waals surface area contributed by atoms with Gasteiger partial charge in [-0.05, 0) is 54.7 Å². The molecule has 6 nitrogen and oxygen atoms in total. The van der Waals surface area contributed by atoms with Crippen LogP contribution in [0.15, 0.2) is 42.5 Å². The lowest BCUT2D eigenvalue weighted by atomic mass is 10.0. The first-order chi connectivity index (χ1) is 14.4. The lowest BCUT2D eigenvalue weighted by Crippen LogP contribution is -2.46. The van der Waals surface area contributed by atoms with E-state index >= 15 is 0 Å². The van der Waals surface area contributed by atoms with Crippen LogP contribution in [0.5, 0.6) is 11.5 Å². The maximum Gasteiger partial charge on any atom is 0.253 e. The standard InChI is InChI=1S/C24H30N2O4/c1-16(2)17-5-7-18(8-6-17)23(27)25-20-11-13-26(14-12-20)24(28)19-9-10-21(29-3)22(15-19)30-4/h5-10,15-16,20H,11-14H2,1-4H3,(H,25,27). The normalized spacial score (nSPS) is 14.5. The first kappa shape index (κ1) is 21.7. The van der Waals surface area contributed by atoms with E-state index in [1.807, 2.05) is 29.2 Å². The number of rotatable bonds is 6. The van der Waals surface area contributed by atoms with Crippen LogP contribution in [-0.2, 0) is 0 Å². The average Bonchev–Trinajstić information content (AvgIpc) is 2.78. The lowest BCUT2D eigenvalue weighted by Gasteiger charge is -2.32. The quantitative estimate of drug-likeness (QED) is 0.785. The van der Waals surface area contributed by atoms with Crippen molar-refractivity contribution in [1.82, 2.24) is 10.2 Å². The fourth-order valence-electron chi connectivity index (χ4n) is 3.67. The molecule has 1 fully saturated rings. The highest BCUT2D eigenvalue weighted by Gasteiger charge is 2.25. The van der Waals surface area contributed by atoms with E-state index in [4.69, 9.17) is 9.47 Å². The Morgan fingerprint density at radius 3 is 2.10 bits per heavy atom. The molecule has 1 saturated heterocycles. The first-order valence-corrected chi connectivity index (χ1v) is 10.3. The molecular formula is C24H30N2O4. The molecule has 0 aliphatic carbocycles. The number of methoxy groups -OCH3 is 2. The van der Waals surface area contributed by atoms with Crippen molar-refractivity contribution in [3.63, 3.8) is 0 Å². The summed E-state index contributed by atoms with van der Waals surface area (Å²) in [5.41, 5.74) is 2.46. The SMILES string of the molecule is COc1ccc(C(=O)N2CCC(NC(=O)c3ccc(C(C)C)cc3)CC2)cc1OC. The molecule has 6 heteroatoms. The number of ether oxygens (including phenoxy) is 2. The van der Waals surface area contributed by atoms with Crippen LogP contribution in [0.4, 0.5) is 0 Å². The molecule has 1 aliphatic rings. The number of hydrogen-bond donors (Lipinski definition) is 1. The summed E-state index contributed by atoms with van der Waals surface area (Å²) < 4.78 is 10.5. The zero-order valence-electron chi connectivity index (χ0n) is 18.1. The van der Waals surface area contributed by atoms with Gasteiger partial charge in [0.1, 0.15) is 0 Å². The highest BCUT2D eigenvalue weighted by atomic mass is 16.5. The van der Waals surface area contributed by atoms with Crippen LogP contribution in [0.3, 0.4) is 0 Å². The molecule has 1 heterocycles. The summed E-state index contributed by atoms with van der Waals surface area (Å²) in [6, 6.07) is 13.0. The number of nitrogens with zero attached hydrogens (tertiary/aromatic N) is 1. The summed E-state index contributed by atoms with van der Waals surface area (Å²) in [4.78, 5) is 27.2. The monoisotopic (exact) mass is 410 g/mol. The van der Waals surface area contributed by atoms with E-state index in [9.17, 15) is 9.59 Å². The molecule has 160 valence electrons. The second kappa shape index (κ2) is 9.65. The van der Waals surface area contributed by atoms with Gasteiger partial charge in [0.2, 0.25) is 0 Å². The van der Waals surface area contributed by atoms with E-state index in [0.29, 0.717) is 41.6 Å². The van der Waals surface area contributed by atoms with Gasteiger partial charge in [-0.25, -0.2) is 0 Å². The second-order valence-corrected chi connectivity index (χ2v) is 7.89. The van der Waals surface area contributed by atoms with Gasteiger partial charge in [0.25, 0.3) is 11.8 Å². The lowest BCUT2D eigenvalue weighted by molar-refractivity contribution is 0.0697. The first-order valence-electron chi connectivity index (χ1n) is 10.3. The summed E-state index contributed by atoms with van der Waals surface area (Å²) in [6.45, 7) is 5.47. The maximum absolute atomic E-state index is 12.8. The van der Waals surface area contributed by atoms with E-state index in [1.165, 1.54) is 5.56 Å². The molecule has 0 saturated carbocycles. The molecule has 0 atom stereocenters. The molecule has 0 spiro atoms. The second-order valence-electron chi connectivity index (χ2n) is 7.89. The zero-order valence-corrected chi connectivity index (χ0v) is 18.1. The third-order valence-corrected chi connectivity index (χ3v) is 5.59. The number of piperidine rings is 1. The van der Waals surface area contributed by atoms with Gasteiger partial charge in [-0.2, -0.15) is 0 Å². The molecule has 0 radical (unpaired) electrons. The third kappa shape index (κ3) is 4.93. The van der Waals surface area contributed by atoms with E-state index in [0.717, 1.165) is 12.8 Å². The van der Waals surface area contributed by atoms with E-state index < -0.39 is 0 Å². The van der Waals surface area contributed by atoms with Crippen LogP contribution < -0.4 is 14.8 Å². The minimum absolute atomic E-state index is 0.0370. The van der Waals surface area contributed by atoms with Crippen molar-refractivity contribution in [3.8, 4) is 11.5 Å². The van der Waals surface area contributed by atoms with Crippen molar-refractivity contribution in [2.75, 3.05) is 27.3 Å². The van der Waals surface area contributed by atoms with Crippen molar-refractivity contribution in [2.45, 2.75) is 38.6 Å². The van der Waals surface area contributed by atoms with Crippen LogP contribution in [0.2, 0.25) is 0 Å². The van der Waals surface area contributed by atoms with Crippen LogP contribution in [0.25, 0.3) is 0 Å². The van der Waals surface area contributed by atoms with Gasteiger partial charge in [-0.3, -0.25) is 9.59 Å². The van der Waals surface area contributed by atoms with Crippen molar-refractivity contribution >= 4 is 11.8 Å². The number of amides is 2. The molecule has 2 aromatic rings. The number of carbonyl (C=O) groups excluding carboxylic acids is 2. The van der Waals surface area contributed by atoms with Crippen molar-refractivity contribution in [2.24, 2.45) is 0 Å². The summed E-state index contributed by atoms with van der Waals surface area (Å²) in [5.74, 6) is 1.47. The molecule has 2 amide bonds. The molecule has 3 rings (SSSR count). The van der Waals surface area contributed by atoms with Crippen LogP contribution in [0.1, 0.15) is 58.9 Å². The van der Waals surface area contributed by atoms with Crippen molar-refractivity contribution < 1.29 is 19.1 Å². The van der Waals surface area contributed by atoms with E-state index in [2.05, 4.69) is 19.2 Å². The number of likely N-dealkylation sites (tertiary alicyclic amines) is 1. The number of nitrogens with one attached hydrogen (secondary N) is 1. The molecule has 0 aromatic heterocycles. The summed E-state index contributed by atoms with van der Waals surface area (Å²) in [7, 11) is 3.12. The molecule has 30 heavy (non-hydrogen) atoms. The molecule has 2 aromatic carbocycles.